The molecule has 4 saturated carbocycles. The van der Waals surface area contributed by atoms with E-state index in [2.05, 4.69) is 39.8 Å². The molecule has 2 heterocycles. The van der Waals surface area contributed by atoms with Crippen LogP contribution in [0.3, 0.4) is 0 Å². The normalized spacial score (nSPS) is 34.4. The number of amides is 1. The van der Waals surface area contributed by atoms with Gasteiger partial charge in [-0.2, -0.15) is 0 Å². The molecule has 1 saturated heterocycles. The van der Waals surface area contributed by atoms with Crippen molar-refractivity contribution in [2.75, 3.05) is 13.2 Å². The molecule has 242 valence electrons. The van der Waals surface area contributed by atoms with Crippen LogP contribution in [0.25, 0.3) is 0 Å². The van der Waals surface area contributed by atoms with Gasteiger partial charge >= 0.3 is 0 Å². The zero-order valence-corrected chi connectivity index (χ0v) is 25.9. The summed E-state index contributed by atoms with van der Waals surface area (Å²) < 4.78 is 25.5. The molecule has 4 bridgehead atoms. The van der Waals surface area contributed by atoms with Gasteiger partial charge in [0.05, 0.1) is 6.61 Å². The molecule has 1 amide bonds. The van der Waals surface area contributed by atoms with E-state index in [1.54, 1.807) is 0 Å². The van der Waals surface area contributed by atoms with E-state index in [4.69, 9.17) is 9.47 Å². The molecule has 2 aromatic rings. The maximum Gasteiger partial charge on any atom is 0.238 e. The van der Waals surface area contributed by atoms with E-state index in [9.17, 15) is 24.5 Å². The molecular weight excluding hydrogens is 565 g/mol. The number of ether oxygens (including phenoxy) is 2. The van der Waals surface area contributed by atoms with Crippen molar-refractivity contribution in [2.24, 2.45) is 23.2 Å². The number of hydrogen-bond donors (Lipinski definition) is 5. The Morgan fingerprint density at radius 1 is 1.09 bits per heavy atom. The van der Waals surface area contributed by atoms with Crippen LogP contribution in [0.15, 0.2) is 24.3 Å². The summed E-state index contributed by atoms with van der Waals surface area (Å²) in [7, 11) is 0. The van der Waals surface area contributed by atoms with Gasteiger partial charge in [-0.15, -0.1) is 5.10 Å². The number of aryl methyl sites for hydroxylation is 1. The summed E-state index contributed by atoms with van der Waals surface area (Å²) in [5.41, 5.74) is 4.18. The Morgan fingerprint density at radius 3 is 2.34 bits per heavy atom. The van der Waals surface area contributed by atoms with E-state index in [1.165, 1.54) is 44.1 Å². The van der Waals surface area contributed by atoms with Gasteiger partial charge in [-0.25, -0.2) is 4.39 Å². The molecule has 9 nitrogen and oxygen atoms in total. The summed E-state index contributed by atoms with van der Waals surface area (Å²) in [4.78, 5) is 12.7. The Kier molecular flexibility index (Phi) is 9.34. The molecule has 4 aliphatic carbocycles. The van der Waals surface area contributed by atoms with Gasteiger partial charge in [0.25, 0.3) is 0 Å². The van der Waals surface area contributed by atoms with Crippen molar-refractivity contribution in [3.8, 4) is 5.88 Å². The molecule has 1 aromatic carbocycles. The minimum Gasteiger partial charge on any atom is -0.443 e. The van der Waals surface area contributed by atoms with Crippen LogP contribution in [0.1, 0.15) is 93.5 Å². The monoisotopic (exact) mass is 613 g/mol. The molecule has 5 N–H and O–H groups in total. The number of nitrogens with zero attached hydrogens (tertiary/aromatic N) is 1. The number of hydrogen-bond acceptors (Lipinski definition) is 7. The van der Waals surface area contributed by atoms with Gasteiger partial charge in [-0.1, -0.05) is 38.1 Å². The largest absolute Gasteiger partial charge is 0.443 e. The molecule has 5 unspecified atom stereocenters. The van der Waals surface area contributed by atoms with Crippen molar-refractivity contribution in [1.29, 1.82) is 0 Å². The number of aliphatic hydroxyl groups excluding tert-OH is 3. The van der Waals surface area contributed by atoms with Gasteiger partial charge in [-0.3, -0.25) is 9.89 Å². The topological polar surface area (TPSA) is 137 Å². The Hall–Kier alpha value is -2.53. The Labute approximate surface area is 258 Å². The second-order valence-electron chi connectivity index (χ2n) is 14.4. The van der Waals surface area contributed by atoms with Crippen molar-refractivity contribution < 1.29 is 34.0 Å². The minimum absolute atomic E-state index is 0.103. The van der Waals surface area contributed by atoms with E-state index in [0.29, 0.717) is 18.3 Å². The Morgan fingerprint density at radius 2 is 1.73 bits per heavy atom. The van der Waals surface area contributed by atoms with E-state index < -0.39 is 37.4 Å². The molecule has 7 rings (SSSR count). The summed E-state index contributed by atoms with van der Waals surface area (Å²) in [5, 5.41) is 40.5. The van der Waals surface area contributed by atoms with Gasteiger partial charge in [0, 0.05) is 30.6 Å². The highest BCUT2D eigenvalue weighted by Gasteiger charge is 2.51. The SMILES string of the molecule is CC(C)c1[nH]nc(OC2OC(CO)C(F)C(O)C2O)c1Cc1ccc(CCCC(=O)NCC23CC4CC(CC(C4)C2)C3)cc1. The number of carbonyl (C=O) groups is 1. The molecule has 5 aliphatic rings. The third-order valence-electron chi connectivity index (χ3n) is 10.6. The van der Waals surface area contributed by atoms with Gasteiger partial charge in [-0.05, 0) is 91.6 Å². The fraction of sp³-hybridized carbons (Fsp3) is 0.706. The van der Waals surface area contributed by atoms with Gasteiger partial charge in [0.1, 0.15) is 18.3 Å². The zero-order valence-electron chi connectivity index (χ0n) is 25.9. The number of carbonyl (C=O) groups excluding carboxylic acids is 1. The summed E-state index contributed by atoms with van der Waals surface area (Å²) in [6.07, 6.45) is 2.79. The van der Waals surface area contributed by atoms with Gasteiger partial charge in [0.15, 0.2) is 6.17 Å². The van der Waals surface area contributed by atoms with E-state index >= 15 is 0 Å². The van der Waals surface area contributed by atoms with Crippen LogP contribution in [-0.4, -0.2) is 75.3 Å². The lowest BCUT2D eigenvalue weighted by Crippen LogP contribution is -2.58. The highest BCUT2D eigenvalue weighted by atomic mass is 19.1. The highest BCUT2D eigenvalue weighted by molar-refractivity contribution is 5.75. The maximum absolute atomic E-state index is 14.2. The van der Waals surface area contributed by atoms with Crippen LogP contribution in [0.2, 0.25) is 0 Å². The van der Waals surface area contributed by atoms with Crippen LogP contribution < -0.4 is 10.1 Å². The second-order valence-corrected chi connectivity index (χ2v) is 14.4. The number of alkyl halides is 1. The zero-order chi connectivity index (χ0) is 31.0. The number of aliphatic hydroxyl groups is 3. The number of aromatic amines is 1. The first-order chi connectivity index (χ1) is 21.1. The summed E-state index contributed by atoms with van der Waals surface area (Å²) >= 11 is 0. The Balaban J connectivity index is 1.01. The smallest absolute Gasteiger partial charge is 0.238 e. The number of nitrogens with one attached hydrogen (secondary N) is 2. The molecular formula is C34H48FN3O6. The van der Waals surface area contributed by atoms with Crippen molar-refractivity contribution >= 4 is 5.91 Å². The first-order valence-corrected chi connectivity index (χ1v) is 16.5. The van der Waals surface area contributed by atoms with Crippen molar-refractivity contribution in [3.05, 3.63) is 46.6 Å². The van der Waals surface area contributed by atoms with Crippen molar-refractivity contribution in [1.82, 2.24) is 15.5 Å². The number of H-pyrrole nitrogens is 1. The van der Waals surface area contributed by atoms with Gasteiger partial charge < -0.3 is 30.1 Å². The van der Waals surface area contributed by atoms with E-state index in [0.717, 1.165) is 54.0 Å². The molecule has 0 spiro atoms. The molecule has 44 heavy (non-hydrogen) atoms. The van der Waals surface area contributed by atoms with Crippen molar-refractivity contribution in [3.63, 3.8) is 0 Å². The van der Waals surface area contributed by atoms with Crippen LogP contribution in [0.5, 0.6) is 5.88 Å². The average Bonchev–Trinajstić information content (AvgIpc) is 3.38. The summed E-state index contributed by atoms with van der Waals surface area (Å²) in [6.45, 7) is 4.24. The third-order valence-corrected chi connectivity index (χ3v) is 10.6. The lowest BCUT2D eigenvalue weighted by atomic mass is 9.49. The summed E-state index contributed by atoms with van der Waals surface area (Å²) in [6, 6.07) is 8.26. The van der Waals surface area contributed by atoms with Crippen LogP contribution in [0.4, 0.5) is 4.39 Å². The lowest BCUT2D eigenvalue weighted by Gasteiger charge is -2.56. The molecule has 5 atom stereocenters. The first kappa shape index (κ1) is 31.5. The fourth-order valence-corrected chi connectivity index (χ4v) is 8.72. The predicted octanol–water partition coefficient (Wildman–Crippen LogP) is 3.94. The minimum atomic E-state index is -1.93. The second kappa shape index (κ2) is 13.1. The maximum atomic E-state index is 14.2. The number of halogens is 1. The molecule has 0 radical (unpaired) electrons. The van der Waals surface area contributed by atoms with Crippen LogP contribution in [-0.2, 0) is 22.4 Å². The molecule has 10 heteroatoms. The standard InChI is InChI=1S/C34H48FN3O6/c1-19(2)29-25(32(38-37-29)44-33-31(42)30(41)28(35)26(17-39)43-33)13-21-8-6-20(7-9-21)4-3-5-27(40)36-18-34-14-22-10-23(15-34)12-24(11-22)16-34/h6-9,19,22-24,26,28,30-31,33,39,41-42H,3-5,10-18H2,1-2H3,(H,36,40)(H,37,38). The molecule has 1 aromatic heterocycles. The Bertz CT molecular complexity index is 1250. The highest BCUT2D eigenvalue weighted by Crippen LogP contribution is 2.59. The van der Waals surface area contributed by atoms with Crippen LogP contribution in [0, 0.1) is 23.2 Å². The predicted molar refractivity (Wildman–Crippen MR) is 162 cm³/mol. The fourth-order valence-electron chi connectivity index (χ4n) is 8.72. The van der Waals surface area contributed by atoms with Gasteiger partial charge in [0.2, 0.25) is 18.1 Å². The number of benzene rings is 1. The summed E-state index contributed by atoms with van der Waals surface area (Å²) in [5.74, 6) is 3.14. The quantitative estimate of drug-likeness (QED) is 0.245. The van der Waals surface area contributed by atoms with E-state index in [1.807, 2.05) is 13.8 Å². The lowest BCUT2D eigenvalue weighted by molar-refractivity contribution is -0.265. The molecule has 5 fully saturated rings. The number of rotatable bonds is 12. The van der Waals surface area contributed by atoms with Crippen molar-refractivity contribution in [2.45, 2.75) is 115 Å². The van der Waals surface area contributed by atoms with Crippen LogP contribution >= 0.6 is 0 Å². The van der Waals surface area contributed by atoms with E-state index in [-0.39, 0.29) is 17.7 Å². The number of aromatic nitrogens is 2. The third kappa shape index (κ3) is 6.69. The molecule has 1 aliphatic heterocycles. The average molecular weight is 614 g/mol. The first-order valence-electron chi connectivity index (χ1n) is 16.5.